The number of carboxylic acids is 1. The molecule has 0 spiro atoms. The molecule has 1 aromatic carbocycles. The molecule has 0 unspecified atom stereocenters. The molecule has 2 aliphatic carbocycles. The lowest BCUT2D eigenvalue weighted by molar-refractivity contribution is -0.141. The number of amides is 5. The molecule has 1 saturated heterocycles. The summed E-state index contributed by atoms with van der Waals surface area (Å²) in [5.74, 6) is -3.02. The summed E-state index contributed by atoms with van der Waals surface area (Å²) in [6, 6.07) is 9.11. The highest BCUT2D eigenvalue weighted by Crippen LogP contribution is 2.46. The van der Waals surface area contributed by atoms with E-state index in [2.05, 4.69) is 25.7 Å². The van der Waals surface area contributed by atoms with E-state index in [1.807, 2.05) is 30.4 Å². The molecular weight excluding hydrogens is 849 g/mol. The minimum absolute atomic E-state index is 0.0233. The van der Waals surface area contributed by atoms with Crippen molar-refractivity contribution in [1.82, 2.24) is 30.6 Å². The van der Waals surface area contributed by atoms with Gasteiger partial charge in [0.15, 0.2) is 0 Å². The lowest BCUT2D eigenvalue weighted by atomic mass is 10.0. The molecule has 3 fully saturated rings. The number of benzene rings is 1. The quantitative estimate of drug-likeness (QED) is 0.117. The number of rotatable bonds is 15. The number of carboxylic acid groups (broad SMARTS) is 1. The van der Waals surface area contributed by atoms with E-state index in [1.54, 1.807) is 39.0 Å². The van der Waals surface area contributed by atoms with E-state index in [9.17, 15) is 42.3 Å². The number of unbranched alkanes of at least 4 members (excludes halogenated alkanes) is 3. The van der Waals surface area contributed by atoms with Gasteiger partial charge in [0.25, 0.3) is 5.91 Å². The number of ether oxygens (including phenoxy) is 3. The van der Waals surface area contributed by atoms with Crippen LogP contribution in [0.3, 0.4) is 0 Å². The molecule has 2 aromatic rings. The van der Waals surface area contributed by atoms with Gasteiger partial charge in [-0.05, 0) is 116 Å². The van der Waals surface area contributed by atoms with E-state index in [0.717, 1.165) is 37.7 Å². The van der Waals surface area contributed by atoms with Crippen molar-refractivity contribution in [3.63, 3.8) is 0 Å². The van der Waals surface area contributed by atoms with Crippen molar-refractivity contribution in [2.24, 2.45) is 5.92 Å². The highest BCUT2D eigenvalue weighted by molar-refractivity contribution is 7.91. The molecule has 1 aromatic heterocycles. The number of sulfonamides is 1. The Morgan fingerprint density at radius 3 is 2.42 bits per heavy atom. The minimum atomic E-state index is -3.92. The topological polar surface area (TPSA) is 249 Å². The summed E-state index contributed by atoms with van der Waals surface area (Å²) < 4.78 is 44.6. The summed E-state index contributed by atoms with van der Waals surface area (Å²) in [4.78, 5) is 85.1. The summed E-state index contributed by atoms with van der Waals surface area (Å²) in [5.41, 5.74) is -1.15. The van der Waals surface area contributed by atoms with Crippen molar-refractivity contribution in [3.8, 4) is 17.0 Å². The lowest BCUT2D eigenvalue weighted by Gasteiger charge is -2.30. The second kappa shape index (κ2) is 20.9. The number of hydrogen-bond donors (Lipinski definition) is 5. The van der Waals surface area contributed by atoms with Gasteiger partial charge >= 0.3 is 18.2 Å². The van der Waals surface area contributed by atoms with Crippen LogP contribution >= 0.6 is 0 Å². The fraction of sp³-hybridized carbons (Fsp3) is 0.578. The van der Waals surface area contributed by atoms with Gasteiger partial charge in [-0.1, -0.05) is 43.2 Å². The minimum Gasteiger partial charge on any atom is -0.494 e. The van der Waals surface area contributed by atoms with Crippen LogP contribution in [0, 0.1) is 5.92 Å². The third-order valence-electron chi connectivity index (χ3n) is 11.5. The number of aromatic carboxylic acids is 1. The van der Waals surface area contributed by atoms with E-state index in [1.165, 1.54) is 11.0 Å². The lowest BCUT2D eigenvalue weighted by Crippen LogP contribution is -2.58. The van der Waals surface area contributed by atoms with Gasteiger partial charge in [-0.3, -0.25) is 19.1 Å². The summed E-state index contributed by atoms with van der Waals surface area (Å²) in [6.45, 7) is 5.57. The number of carbonyl (C=O) groups excluding carboxylic acids is 5. The van der Waals surface area contributed by atoms with Gasteiger partial charge in [0.2, 0.25) is 21.8 Å². The van der Waals surface area contributed by atoms with Gasteiger partial charge < -0.3 is 40.2 Å². The average Bonchev–Trinajstić information content (AvgIpc) is 4.17. The Morgan fingerprint density at radius 1 is 0.938 bits per heavy atom. The average molecular weight is 909 g/mol. The zero-order valence-corrected chi connectivity index (χ0v) is 37.5. The number of allylic oxidation sites excluding steroid dienone is 1. The molecule has 5 N–H and O–H groups in total. The smallest absolute Gasteiger partial charge is 0.407 e. The normalized spacial score (nSPS) is 23.8. The Balaban J connectivity index is 1.04. The number of nitrogens with one attached hydrogen (secondary N) is 4. The van der Waals surface area contributed by atoms with Crippen LogP contribution in [0.1, 0.15) is 115 Å². The molecule has 0 radical (unpaired) electrons. The van der Waals surface area contributed by atoms with Crippen LogP contribution in [-0.4, -0.2) is 114 Å². The Morgan fingerprint density at radius 2 is 1.69 bits per heavy atom. The molecule has 19 heteroatoms. The molecule has 2 saturated carbocycles. The number of fused-ring (bicyclic) bond motifs is 2. The van der Waals surface area contributed by atoms with Crippen LogP contribution in [0.2, 0.25) is 0 Å². The maximum absolute atomic E-state index is 14.4. The predicted octanol–water partition coefficient (Wildman–Crippen LogP) is 4.98. The first kappa shape index (κ1) is 47.8. The number of hydrogen-bond acceptors (Lipinski definition) is 12. The van der Waals surface area contributed by atoms with Crippen LogP contribution in [-0.2, 0) is 33.9 Å². The molecule has 2 aliphatic heterocycles. The summed E-state index contributed by atoms with van der Waals surface area (Å²) in [5, 5.41) is 16.9. The fourth-order valence-electron chi connectivity index (χ4n) is 7.94. The SMILES string of the molecule is CC(C)(C)OC(=O)N[C@@H]1C[C@H]2C(=O)N[C@]3(C(=O)NS(=O)(=O)C4CC4)C[C@H]3C=CCCCCC[C@H](NC(=O)OCCCCCCOc3cccc(-c4cccc(C(=O)O)n4)c3)C(=O)N2C1. The van der Waals surface area contributed by atoms with E-state index >= 15 is 0 Å². The van der Waals surface area contributed by atoms with Crippen molar-refractivity contribution in [3.05, 3.63) is 60.3 Å². The molecule has 5 amide bonds. The molecule has 64 heavy (non-hydrogen) atoms. The van der Waals surface area contributed by atoms with Gasteiger partial charge in [-0.25, -0.2) is 27.8 Å². The number of alkyl carbamates (subject to hydrolysis) is 2. The highest BCUT2D eigenvalue weighted by Gasteiger charge is 2.62. The Labute approximate surface area is 373 Å². The molecule has 18 nitrogen and oxygen atoms in total. The van der Waals surface area contributed by atoms with Crippen LogP contribution in [0.5, 0.6) is 5.75 Å². The number of carbonyl (C=O) groups is 6. The van der Waals surface area contributed by atoms with E-state index in [-0.39, 0.29) is 38.1 Å². The highest BCUT2D eigenvalue weighted by atomic mass is 32.2. The molecule has 5 atom stereocenters. The summed E-state index contributed by atoms with van der Waals surface area (Å²) >= 11 is 0. The van der Waals surface area contributed by atoms with Crippen molar-refractivity contribution < 1.29 is 56.5 Å². The predicted molar refractivity (Wildman–Crippen MR) is 233 cm³/mol. The number of aromatic nitrogens is 1. The van der Waals surface area contributed by atoms with E-state index in [0.29, 0.717) is 50.2 Å². The maximum Gasteiger partial charge on any atom is 0.407 e. The van der Waals surface area contributed by atoms with Crippen molar-refractivity contribution in [2.75, 3.05) is 19.8 Å². The molecule has 4 aliphatic rings. The second-order valence-electron chi connectivity index (χ2n) is 17.9. The first-order chi connectivity index (χ1) is 30.4. The number of nitrogens with zero attached hydrogens (tertiary/aromatic N) is 2. The molecule has 0 bridgehead atoms. The van der Waals surface area contributed by atoms with Gasteiger partial charge in [-0.15, -0.1) is 0 Å². The molecular formula is C45H60N6O12S. The van der Waals surface area contributed by atoms with Gasteiger partial charge in [-0.2, -0.15) is 0 Å². The maximum atomic E-state index is 14.4. The van der Waals surface area contributed by atoms with Gasteiger partial charge in [0.05, 0.1) is 30.2 Å². The van der Waals surface area contributed by atoms with Crippen LogP contribution in [0.4, 0.5) is 9.59 Å². The van der Waals surface area contributed by atoms with Gasteiger partial charge in [0.1, 0.15) is 34.7 Å². The standard InChI is InChI=1S/C45H60N6O12S/c1-44(2,3)63-43(58)46-31-26-37-38(52)49-45(41(56)50-64(59,60)33-21-22-33)27-30(45)16-9-5-4-6-10-18-35(39(53)51(37)28-31)48-42(57)62-24-12-8-7-11-23-61-32-17-13-15-29(25-32)34-19-14-20-36(47-34)40(54)55/h9,13-17,19-20,25,30-31,33,35,37H,4-8,10-12,18,21-24,26-28H2,1-3H3,(H,46,58)(H,48,57)(H,49,52)(H,50,56)(H,54,55)/t30-,31-,35+,37+,45-/m1/s1. The monoisotopic (exact) mass is 908 g/mol. The largest absolute Gasteiger partial charge is 0.494 e. The van der Waals surface area contributed by atoms with Crippen molar-refractivity contribution >= 4 is 45.9 Å². The van der Waals surface area contributed by atoms with Crippen LogP contribution in [0.25, 0.3) is 11.3 Å². The first-order valence-corrected chi connectivity index (χ1v) is 23.7. The van der Waals surface area contributed by atoms with Crippen molar-refractivity contribution in [2.45, 2.75) is 139 Å². The van der Waals surface area contributed by atoms with Crippen molar-refractivity contribution in [1.29, 1.82) is 0 Å². The first-order valence-electron chi connectivity index (χ1n) is 22.2. The second-order valence-corrected chi connectivity index (χ2v) is 19.9. The third kappa shape index (κ3) is 13.2. The Kier molecular flexibility index (Phi) is 15.6. The zero-order chi connectivity index (χ0) is 46.1. The molecule has 3 heterocycles. The third-order valence-corrected chi connectivity index (χ3v) is 13.4. The fourth-order valence-corrected chi connectivity index (χ4v) is 9.30. The number of pyridine rings is 1. The van der Waals surface area contributed by atoms with Crippen LogP contribution < -0.4 is 25.4 Å². The van der Waals surface area contributed by atoms with E-state index < -0.39 is 86.3 Å². The van der Waals surface area contributed by atoms with Gasteiger partial charge in [0, 0.05) is 18.0 Å². The van der Waals surface area contributed by atoms with Crippen LogP contribution in [0.15, 0.2) is 54.6 Å². The summed E-state index contributed by atoms with van der Waals surface area (Å²) in [6.07, 6.45) is 9.05. The Bertz CT molecular complexity index is 2190. The molecule has 6 rings (SSSR count). The van der Waals surface area contributed by atoms with E-state index in [4.69, 9.17) is 14.2 Å². The summed E-state index contributed by atoms with van der Waals surface area (Å²) in [7, 11) is -3.92. The molecule has 348 valence electrons. The Hall–Kier alpha value is -5.72. The zero-order valence-electron chi connectivity index (χ0n) is 36.6.